The Hall–Kier alpha value is -2.71. The summed E-state index contributed by atoms with van der Waals surface area (Å²) >= 11 is 2.90. The van der Waals surface area contributed by atoms with Crippen molar-refractivity contribution in [2.45, 2.75) is 11.8 Å². The third-order valence-corrected chi connectivity index (χ3v) is 5.61. The first-order valence-corrected chi connectivity index (χ1v) is 10.3. The molecule has 0 saturated carbocycles. The predicted molar refractivity (Wildman–Crippen MR) is 112 cm³/mol. The van der Waals surface area contributed by atoms with Crippen molar-refractivity contribution >= 4 is 55.8 Å². The highest BCUT2D eigenvalue weighted by atomic mass is 32.2. The molecule has 0 aliphatic rings. The summed E-state index contributed by atoms with van der Waals surface area (Å²) in [6.07, 6.45) is 1.99. The van der Waals surface area contributed by atoms with Crippen LogP contribution in [0.15, 0.2) is 47.4 Å². The molecule has 0 unspecified atom stereocenters. The number of benzene rings is 2. The van der Waals surface area contributed by atoms with Gasteiger partial charge in [-0.1, -0.05) is 0 Å². The van der Waals surface area contributed by atoms with Gasteiger partial charge in [-0.25, -0.2) is 4.79 Å². The van der Waals surface area contributed by atoms with E-state index in [1.54, 1.807) is 23.9 Å². The van der Waals surface area contributed by atoms with E-state index in [-0.39, 0.29) is 0 Å². The number of fused-ring (bicyclic) bond motifs is 1. The smallest absolute Gasteiger partial charge is 0.324 e. The van der Waals surface area contributed by atoms with Gasteiger partial charge in [-0.2, -0.15) is 0 Å². The normalized spacial score (nSPS) is 10.6. The molecule has 0 aliphatic heterocycles. The van der Waals surface area contributed by atoms with Gasteiger partial charge in [0.15, 0.2) is 0 Å². The highest BCUT2D eigenvalue weighted by Crippen LogP contribution is 2.37. The molecule has 140 valence electrons. The maximum absolute atomic E-state index is 12.4. The van der Waals surface area contributed by atoms with Crippen LogP contribution < -0.4 is 21.1 Å². The van der Waals surface area contributed by atoms with E-state index in [0.717, 1.165) is 9.60 Å². The number of hydrogen-bond acceptors (Lipinski definition) is 5. The molecule has 27 heavy (non-hydrogen) atoms. The maximum Gasteiger partial charge on any atom is 0.324 e. The highest BCUT2D eigenvalue weighted by Gasteiger charge is 2.19. The molecule has 3 aromatic rings. The fraction of sp³-hybridized carbons (Fsp3) is 0.158. The molecule has 6 nitrogen and oxygen atoms in total. The molecule has 0 aliphatic carbocycles. The van der Waals surface area contributed by atoms with E-state index in [1.165, 1.54) is 11.3 Å². The second-order valence-electron chi connectivity index (χ2n) is 5.57. The lowest BCUT2D eigenvalue weighted by Gasteiger charge is -2.07. The Balaban J connectivity index is 1.84. The SMILES string of the molecule is CCOc1ccc2c(C(N)=O)c(NC(=O)Nc3ccc(SC)cc3)sc2c1. The molecule has 3 rings (SSSR count). The number of nitrogens with two attached hydrogens (primary N) is 1. The second-order valence-corrected chi connectivity index (χ2v) is 7.50. The second kappa shape index (κ2) is 8.32. The zero-order chi connectivity index (χ0) is 19.4. The number of primary amides is 1. The van der Waals surface area contributed by atoms with E-state index in [1.807, 2.05) is 43.5 Å². The first-order chi connectivity index (χ1) is 13.0. The van der Waals surface area contributed by atoms with E-state index in [4.69, 9.17) is 10.5 Å². The Morgan fingerprint density at radius 3 is 2.52 bits per heavy atom. The topological polar surface area (TPSA) is 93.4 Å². The summed E-state index contributed by atoms with van der Waals surface area (Å²) in [5.74, 6) is 0.109. The van der Waals surface area contributed by atoms with E-state index in [9.17, 15) is 9.59 Å². The highest BCUT2D eigenvalue weighted by molar-refractivity contribution is 7.98. The molecule has 0 fully saturated rings. The van der Waals surface area contributed by atoms with Gasteiger partial charge in [-0.15, -0.1) is 23.1 Å². The lowest BCUT2D eigenvalue weighted by Crippen LogP contribution is -2.21. The number of carbonyl (C=O) groups is 2. The molecule has 0 spiro atoms. The Morgan fingerprint density at radius 2 is 1.89 bits per heavy atom. The summed E-state index contributed by atoms with van der Waals surface area (Å²) in [4.78, 5) is 25.4. The van der Waals surface area contributed by atoms with Gasteiger partial charge < -0.3 is 15.8 Å². The number of amides is 3. The summed E-state index contributed by atoms with van der Waals surface area (Å²) in [7, 11) is 0. The van der Waals surface area contributed by atoms with E-state index in [0.29, 0.717) is 34.0 Å². The van der Waals surface area contributed by atoms with Crippen LogP contribution in [-0.2, 0) is 0 Å². The molecule has 0 atom stereocenters. The van der Waals surface area contributed by atoms with Gasteiger partial charge in [0.05, 0.1) is 12.2 Å². The molecule has 2 aromatic carbocycles. The molecule has 1 aromatic heterocycles. The van der Waals surface area contributed by atoms with Crippen molar-refractivity contribution in [1.82, 2.24) is 0 Å². The average Bonchev–Trinajstić information content (AvgIpc) is 2.99. The van der Waals surface area contributed by atoms with Gasteiger partial charge in [-0.3, -0.25) is 10.1 Å². The summed E-state index contributed by atoms with van der Waals surface area (Å²) in [5, 5.41) is 6.58. The number of urea groups is 1. The minimum atomic E-state index is -0.593. The first-order valence-electron chi connectivity index (χ1n) is 8.23. The van der Waals surface area contributed by atoms with Crippen LogP contribution in [-0.4, -0.2) is 24.8 Å². The van der Waals surface area contributed by atoms with Crippen LogP contribution in [0.2, 0.25) is 0 Å². The van der Waals surface area contributed by atoms with E-state index < -0.39 is 11.9 Å². The van der Waals surface area contributed by atoms with Crippen LogP contribution in [0, 0.1) is 0 Å². The maximum atomic E-state index is 12.4. The van der Waals surface area contributed by atoms with Crippen LogP contribution in [0.5, 0.6) is 5.75 Å². The molecule has 0 radical (unpaired) electrons. The molecule has 0 saturated heterocycles. The van der Waals surface area contributed by atoms with Crippen molar-refractivity contribution in [3.8, 4) is 5.75 Å². The van der Waals surface area contributed by atoms with Crippen LogP contribution >= 0.6 is 23.1 Å². The number of carbonyl (C=O) groups excluding carboxylic acids is 2. The average molecular weight is 402 g/mol. The Kier molecular flexibility index (Phi) is 5.88. The molecule has 1 heterocycles. The minimum absolute atomic E-state index is 0.297. The van der Waals surface area contributed by atoms with Gasteiger partial charge in [0.1, 0.15) is 10.8 Å². The van der Waals surface area contributed by atoms with Gasteiger partial charge in [0.2, 0.25) is 0 Å². The zero-order valence-corrected chi connectivity index (χ0v) is 16.5. The summed E-state index contributed by atoms with van der Waals surface area (Å²) in [6.45, 7) is 2.44. The van der Waals surface area contributed by atoms with Gasteiger partial charge in [-0.05, 0) is 55.6 Å². The van der Waals surface area contributed by atoms with Gasteiger partial charge in [0, 0.05) is 20.7 Å². The number of thioether (sulfide) groups is 1. The number of rotatable bonds is 6. The third-order valence-electron chi connectivity index (χ3n) is 3.79. The Labute approximate surface area is 165 Å². The largest absolute Gasteiger partial charge is 0.494 e. The number of anilines is 2. The van der Waals surface area contributed by atoms with Crippen LogP contribution in [0.25, 0.3) is 10.1 Å². The minimum Gasteiger partial charge on any atom is -0.494 e. The van der Waals surface area contributed by atoms with Gasteiger partial charge in [0.25, 0.3) is 5.91 Å². The lowest BCUT2D eigenvalue weighted by molar-refractivity contribution is 0.100. The van der Waals surface area contributed by atoms with Crippen LogP contribution in [0.3, 0.4) is 0 Å². The van der Waals surface area contributed by atoms with Gasteiger partial charge >= 0.3 is 6.03 Å². The first kappa shape index (κ1) is 19.1. The molecule has 0 bridgehead atoms. The summed E-state index contributed by atoms with van der Waals surface area (Å²) < 4.78 is 6.31. The molecule has 8 heteroatoms. The molecule has 3 amide bonds. The summed E-state index contributed by atoms with van der Waals surface area (Å²) in [5.41, 5.74) is 6.50. The van der Waals surface area contributed by atoms with Crippen molar-refractivity contribution < 1.29 is 14.3 Å². The van der Waals surface area contributed by atoms with E-state index >= 15 is 0 Å². The lowest BCUT2D eigenvalue weighted by atomic mass is 10.1. The zero-order valence-electron chi connectivity index (χ0n) is 14.9. The number of hydrogen-bond donors (Lipinski definition) is 3. The number of ether oxygens (including phenoxy) is 1. The molecular weight excluding hydrogens is 382 g/mol. The molecule has 4 N–H and O–H groups in total. The fourth-order valence-electron chi connectivity index (χ4n) is 2.61. The van der Waals surface area contributed by atoms with Crippen molar-refractivity contribution in [2.75, 3.05) is 23.5 Å². The summed E-state index contributed by atoms with van der Waals surface area (Å²) in [6, 6.07) is 12.4. The number of nitrogens with one attached hydrogen (secondary N) is 2. The monoisotopic (exact) mass is 401 g/mol. The quantitative estimate of drug-likeness (QED) is 0.519. The van der Waals surface area contributed by atoms with Crippen LogP contribution in [0.1, 0.15) is 17.3 Å². The Bertz CT molecular complexity index is 984. The van der Waals surface area contributed by atoms with E-state index in [2.05, 4.69) is 10.6 Å². The predicted octanol–water partition coefficient (Wildman–Crippen LogP) is 4.76. The van der Waals surface area contributed by atoms with Crippen molar-refractivity contribution in [1.29, 1.82) is 0 Å². The third kappa shape index (κ3) is 4.35. The van der Waals surface area contributed by atoms with Crippen LogP contribution in [0.4, 0.5) is 15.5 Å². The fourth-order valence-corrected chi connectivity index (χ4v) is 4.15. The van der Waals surface area contributed by atoms with Crippen molar-refractivity contribution in [2.24, 2.45) is 5.73 Å². The van der Waals surface area contributed by atoms with Crippen molar-refractivity contribution in [3.63, 3.8) is 0 Å². The standard InChI is InChI=1S/C19H19N3O3S2/c1-3-25-12-6-9-14-15(10-12)27-18(16(14)17(20)23)22-19(24)21-11-4-7-13(26-2)8-5-11/h4-10H,3H2,1-2H3,(H2,20,23)(H2,21,22,24). The van der Waals surface area contributed by atoms with Crippen molar-refractivity contribution in [3.05, 3.63) is 48.0 Å². The molecular formula is C19H19N3O3S2. The Morgan fingerprint density at radius 1 is 1.15 bits per heavy atom. The number of thiophene rings is 1.